The minimum absolute atomic E-state index is 0. The predicted molar refractivity (Wildman–Crippen MR) is 110 cm³/mol. The normalized spacial score (nSPS) is 11.2. The number of aliphatic imine (C=N–C) groups is 1. The zero-order chi connectivity index (χ0) is 16.8. The maximum Gasteiger partial charge on any atom is 0.193 e. The molecule has 0 saturated carbocycles. The van der Waals surface area contributed by atoms with E-state index in [9.17, 15) is 0 Å². The minimum atomic E-state index is 0. The van der Waals surface area contributed by atoms with E-state index in [4.69, 9.17) is 4.52 Å². The molecule has 0 aliphatic carbocycles. The highest BCUT2D eigenvalue weighted by Gasteiger charge is 2.08. The molecular formula is C18H22IN5O. The molecule has 132 valence electrons. The molecule has 3 aromatic rings. The van der Waals surface area contributed by atoms with Crippen molar-refractivity contribution in [2.24, 2.45) is 4.99 Å². The second-order valence-corrected chi connectivity index (χ2v) is 5.57. The Morgan fingerprint density at radius 1 is 1.16 bits per heavy atom. The van der Waals surface area contributed by atoms with Crippen LogP contribution in [0.25, 0.3) is 10.9 Å². The summed E-state index contributed by atoms with van der Waals surface area (Å²) in [5, 5.41) is 8.44. The molecule has 0 radical (unpaired) electrons. The van der Waals surface area contributed by atoms with Crippen LogP contribution in [0.2, 0.25) is 0 Å². The maximum absolute atomic E-state index is 4.86. The fourth-order valence-electron chi connectivity index (χ4n) is 2.57. The van der Waals surface area contributed by atoms with E-state index in [0.717, 1.165) is 41.2 Å². The fraction of sp³-hybridized carbons (Fsp3) is 0.278. The van der Waals surface area contributed by atoms with Crippen molar-refractivity contribution in [1.29, 1.82) is 0 Å². The van der Waals surface area contributed by atoms with E-state index in [1.54, 1.807) is 13.3 Å². The van der Waals surface area contributed by atoms with Gasteiger partial charge < -0.3 is 14.7 Å². The molecule has 1 N–H and O–H groups in total. The Bertz CT molecular complexity index is 819. The van der Waals surface area contributed by atoms with Crippen molar-refractivity contribution in [3.63, 3.8) is 0 Å². The first-order chi connectivity index (χ1) is 11.8. The summed E-state index contributed by atoms with van der Waals surface area (Å²) in [6.07, 6.45) is 2.41. The number of fused-ring (bicyclic) bond motifs is 1. The third-order valence-electron chi connectivity index (χ3n) is 3.78. The number of aromatic nitrogens is 2. The number of para-hydroxylation sites is 1. The van der Waals surface area contributed by atoms with Gasteiger partial charge in [0.25, 0.3) is 0 Å². The molecule has 6 nitrogen and oxygen atoms in total. The maximum atomic E-state index is 4.86. The van der Waals surface area contributed by atoms with Gasteiger partial charge in [0.15, 0.2) is 5.96 Å². The lowest BCUT2D eigenvalue weighted by molar-refractivity contribution is 0.391. The quantitative estimate of drug-likeness (QED) is 0.367. The van der Waals surface area contributed by atoms with E-state index >= 15 is 0 Å². The first kappa shape index (κ1) is 19.2. The highest BCUT2D eigenvalue weighted by molar-refractivity contribution is 14.0. The molecule has 0 bridgehead atoms. The SMILES string of the molecule is CN=C(NCCc1ccc2ccccc2n1)N(C)Cc1ccon1.I. The number of rotatable bonds is 5. The Hall–Kier alpha value is -2.16. The third-order valence-corrected chi connectivity index (χ3v) is 3.78. The zero-order valence-corrected chi connectivity index (χ0v) is 16.7. The molecule has 0 spiro atoms. The average molecular weight is 451 g/mol. The van der Waals surface area contributed by atoms with Crippen LogP contribution in [0.5, 0.6) is 0 Å². The Balaban J connectivity index is 0.00000225. The Kier molecular flexibility index (Phi) is 7.17. The molecule has 0 aliphatic heterocycles. The fourth-order valence-corrected chi connectivity index (χ4v) is 2.57. The van der Waals surface area contributed by atoms with Gasteiger partial charge in [0.2, 0.25) is 0 Å². The number of halogens is 1. The summed E-state index contributed by atoms with van der Waals surface area (Å²) in [5.74, 6) is 0.818. The number of nitrogens with one attached hydrogen (secondary N) is 1. The van der Waals surface area contributed by atoms with Crippen molar-refractivity contribution in [2.45, 2.75) is 13.0 Å². The number of benzene rings is 1. The van der Waals surface area contributed by atoms with Crippen LogP contribution in [0.15, 0.2) is 58.2 Å². The molecule has 25 heavy (non-hydrogen) atoms. The lowest BCUT2D eigenvalue weighted by Gasteiger charge is -2.20. The molecule has 3 rings (SSSR count). The summed E-state index contributed by atoms with van der Waals surface area (Å²) in [7, 11) is 3.74. The first-order valence-electron chi connectivity index (χ1n) is 7.92. The number of hydrogen-bond donors (Lipinski definition) is 1. The Morgan fingerprint density at radius 3 is 2.76 bits per heavy atom. The van der Waals surface area contributed by atoms with Gasteiger partial charge in [0.05, 0.1) is 12.1 Å². The van der Waals surface area contributed by atoms with Crippen LogP contribution < -0.4 is 5.32 Å². The Morgan fingerprint density at radius 2 is 2.00 bits per heavy atom. The molecule has 2 heterocycles. The van der Waals surface area contributed by atoms with Crippen molar-refractivity contribution in [2.75, 3.05) is 20.6 Å². The van der Waals surface area contributed by atoms with E-state index in [2.05, 4.69) is 38.6 Å². The molecule has 0 saturated heterocycles. The van der Waals surface area contributed by atoms with Gasteiger partial charge in [0, 0.05) is 44.2 Å². The van der Waals surface area contributed by atoms with E-state index in [1.165, 1.54) is 0 Å². The largest absolute Gasteiger partial charge is 0.364 e. The highest BCUT2D eigenvalue weighted by atomic mass is 127. The van der Waals surface area contributed by atoms with Crippen LogP contribution in [0.4, 0.5) is 0 Å². The second-order valence-electron chi connectivity index (χ2n) is 5.57. The number of hydrogen-bond acceptors (Lipinski definition) is 4. The van der Waals surface area contributed by atoms with Gasteiger partial charge in [-0.3, -0.25) is 9.98 Å². The molecule has 0 atom stereocenters. The standard InChI is InChI=1S/C18H21N5O.HI/c1-19-18(23(2)13-16-10-12-24-22-16)20-11-9-15-8-7-14-5-3-4-6-17(14)21-15;/h3-8,10,12H,9,11,13H2,1-2H3,(H,19,20);1H. The van der Waals surface area contributed by atoms with Crippen molar-refractivity contribution >= 4 is 40.8 Å². The summed E-state index contributed by atoms with van der Waals surface area (Å²) in [6, 6.07) is 14.2. The van der Waals surface area contributed by atoms with Crippen LogP contribution in [-0.4, -0.2) is 41.6 Å². The summed E-state index contributed by atoms with van der Waals surface area (Å²) in [4.78, 5) is 11.0. The van der Waals surface area contributed by atoms with Crippen molar-refractivity contribution in [1.82, 2.24) is 20.4 Å². The van der Waals surface area contributed by atoms with Gasteiger partial charge in [-0.05, 0) is 12.1 Å². The molecule has 1 aromatic carbocycles. The van der Waals surface area contributed by atoms with Crippen LogP contribution in [0.3, 0.4) is 0 Å². The zero-order valence-electron chi connectivity index (χ0n) is 14.3. The van der Waals surface area contributed by atoms with Gasteiger partial charge in [0.1, 0.15) is 12.0 Å². The lowest BCUT2D eigenvalue weighted by Crippen LogP contribution is -2.39. The second kappa shape index (κ2) is 9.36. The first-order valence-corrected chi connectivity index (χ1v) is 7.92. The van der Waals surface area contributed by atoms with E-state index in [-0.39, 0.29) is 24.0 Å². The van der Waals surface area contributed by atoms with Gasteiger partial charge >= 0.3 is 0 Å². The van der Waals surface area contributed by atoms with Crippen molar-refractivity contribution < 1.29 is 4.52 Å². The summed E-state index contributed by atoms with van der Waals surface area (Å²) >= 11 is 0. The lowest BCUT2D eigenvalue weighted by atomic mass is 10.2. The smallest absolute Gasteiger partial charge is 0.193 e. The van der Waals surface area contributed by atoms with E-state index in [0.29, 0.717) is 6.54 Å². The summed E-state index contributed by atoms with van der Waals surface area (Å²) in [5.41, 5.74) is 2.97. The molecule has 0 unspecified atom stereocenters. The topological polar surface area (TPSA) is 66.6 Å². The molecular weight excluding hydrogens is 429 g/mol. The summed E-state index contributed by atoms with van der Waals surface area (Å²) in [6.45, 7) is 1.41. The van der Waals surface area contributed by atoms with Gasteiger partial charge in [-0.2, -0.15) is 0 Å². The van der Waals surface area contributed by atoms with Gasteiger partial charge in [-0.25, -0.2) is 0 Å². The molecule has 0 aliphatic rings. The highest BCUT2D eigenvalue weighted by Crippen LogP contribution is 2.11. The third kappa shape index (κ3) is 5.15. The molecule has 2 aromatic heterocycles. The van der Waals surface area contributed by atoms with Crippen LogP contribution in [0, 0.1) is 0 Å². The van der Waals surface area contributed by atoms with Crippen LogP contribution in [0.1, 0.15) is 11.4 Å². The predicted octanol–water partition coefficient (Wildman–Crippen LogP) is 3.09. The molecule has 0 amide bonds. The van der Waals surface area contributed by atoms with E-state index < -0.39 is 0 Å². The van der Waals surface area contributed by atoms with Gasteiger partial charge in [-0.1, -0.05) is 29.4 Å². The van der Waals surface area contributed by atoms with E-state index in [1.807, 2.05) is 36.2 Å². The summed E-state index contributed by atoms with van der Waals surface area (Å²) < 4.78 is 4.86. The van der Waals surface area contributed by atoms with Gasteiger partial charge in [-0.15, -0.1) is 24.0 Å². The van der Waals surface area contributed by atoms with Crippen molar-refractivity contribution in [3.05, 3.63) is 60.1 Å². The number of nitrogens with zero attached hydrogens (tertiary/aromatic N) is 4. The number of pyridine rings is 1. The molecule has 7 heteroatoms. The molecule has 0 fully saturated rings. The van der Waals surface area contributed by atoms with Crippen LogP contribution >= 0.6 is 24.0 Å². The minimum Gasteiger partial charge on any atom is -0.364 e. The monoisotopic (exact) mass is 451 g/mol. The van der Waals surface area contributed by atoms with Crippen molar-refractivity contribution in [3.8, 4) is 0 Å². The average Bonchev–Trinajstić information content (AvgIpc) is 3.11. The van der Waals surface area contributed by atoms with Crippen LogP contribution in [-0.2, 0) is 13.0 Å². The Labute approximate surface area is 164 Å². The number of guanidine groups is 1.